The van der Waals surface area contributed by atoms with Crippen molar-refractivity contribution >= 4 is 28.7 Å². The van der Waals surface area contributed by atoms with E-state index in [1.807, 2.05) is 24.4 Å². The molecule has 0 atom stereocenters. The van der Waals surface area contributed by atoms with Crippen LogP contribution in [-0.2, 0) is 11.8 Å². The smallest absolute Gasteiger partial charge is 0.274 e. The first-order valence-corrected chi connectivity index (χ1v) is 9.87. The van der Waals surface area contributed by atoms with E-state index >= 15 is 0 Å². The van der Waals surface area contributed by atoms with Gasteiger partial charge in [-0.3, -0.25) is 9.59 Å². The summed E-state index contributed by atoms with van der Waals surface area (Å²) in [5, 5.41) is 3.67. The zero-order valence-electron chi connectivity index (χ0n) is 16.0. The molecule has 1 aliphatic heterocycles. The molecule has 1 aliphatic carbocycles. The van der Waals surface area contributed by atoms with Crippen LogP contribution >= 0.6 is 0 Å². The first-order valence-electron chi connectivity index (χ1n) is 9.87. The van der Waals surface area contributed by atoms with Crippen molar-refractivity contribution in [2.24, 2.45) is 12.5 Å². The van der Waals surface area contributed by atoms with E-state index in [-0.39, 0.29) is 5.56 Å². The highest BCUT2D eigenvalue weighted by molar-refractivity contribution is 5.99. The number of aromatic amines is 1. The first-order chi connectivity index (χ1) is 13.6. The van der Waals surface area contributed by atoms with E-state index in [1.165, 1.54) is 25.7 Å². The number of nitrogens with one attached hydrogen (secondary N) is 2. The number of carbonyl (C=O) groups excluding carboxylic acids is 1. The summed E-state index contributed by atoms with van der Waals surface area (Å²) in [5.41, 5.74) is 5.13. The third kappa shape index (κ3) is 2.71. The van der Waals surface area contributed by atoms with Crippen molar-refractivity contribution in [2.75, 3.05) is 23.3 Å². The van der Waals surface area contributed by atoms with Gasteiger partial charge in [0.2, 0.25) is 6.41 Å². The fraction of sp³-hybridized carbons (Fsp3) is 0.364. The molecule has 0 unspecified atom stereocenters. The molecule has 1 saturated carbocycles. The lowest BCUT2D eigenvalue weighted by Crippen LogP contribution is -2.34. The Morgan fingerprint density at radius 2 is 1.89 bits per heavy atom. The number of piperidine rings is 1. The van der Waals surface area contributed by atoms with E-state index in [1.54, 1.807) is 17.8 Å². The fourth-order valence-electron chi connectivity index (χ4n) is 4.57. The molecule has 3 heterocycles. The summed E-state index contributed by atoms with van der Waals surface area (Å²) in [6.07, 6.45) is 9.64. The van der Waals surface area contributed by atoms with Gasteiger partial charge < -0.3 is 19.8 Å². The van der Waals surface area contributed by atoms with E-state index in [4.69, 9.17) is 0 Å². The Bertz CT molecular complexity index is 1110. The Morgan fingerprint density at radius 1 is 1.11 bits per heavy atom. The van der Waals surface area contributed by atoms with E-state index in [9.17, 15) is 9.59 Å². The van der Waals surface area contributed by atoms with Crippen LogP contribution in [0.1, 0.15) is 25.7 Å². The molecule has 0 bridgehead atoms. The lowest BCUT2D eigenvalue weighted by Gasteiger charge is -2.35. The largest absolute Gasteiger partial charge is 0.371 e. The predicted molar refractivity (Wildman–Crippen MR) is 112 cm³/mol. The van der Waals surface area contributed by atoms with Crippen LogP contribution in [-0.4, -0.2) is 29.1 Å². The fourth-order valence-corrected chi connectivity index (χ4v) is 4.57. The normalized spacial score (nSPS) is 17.8. The molecular formula is C22H24N4O2. The van der Waals surface area contributed by atoms with Gasteiger partial charge in [0.15, 0.2) is 0 Å². The third-order valence-electron chi connectivity index (χ3n) is 6.53. The van der Waals surface area contributed by atoms with E-state index in [0.29, 0.717) is 17.3 Å². The standard InChI is InChI=1S/C22H24N4O2/c1-25-13-18(16-4-9-23-20(16)21(25)28)17-12-15(24-14-27)2-3-19(17)26-10-7-22(5-6-22)8-11-26/h2-4,9,12-14,23H,5-8,10-11H2,1H3,(H,24,27). The molecule has 2 N–H and O–H groups in total. The van der Waals surface area contributed by atoms with Crippen LogP contribution in [0.5, 0.6) is 0 Å². The third-order valence-corrected chi connectivity index (χ3v) is 6.53. The van der Waals surface area contributed by atoms with Crippen molar-refractivity contribution < 1.29 is 4.79 Å². The van der Waals surface area contributed by atoms with Crippen molar-refractivity contribution in [1.29, 1.82) is 0 Å². The number of rotatable bonds is 4. The van der Waals surface area contributed by atoms with E-state index in [2.05, 4.69) is 21.3 Å². The molecule has 1 amide bonds. The Hall–Kier alpha value is -3.02. The summed E-state index contributed by atoms with van der Waals surface area (Å²) in [5.74, 6) is 0. The van der Waals surface area contributed by atoms with Gasteiger partial charge in [0.25, 0.3) is 5.56 Å². The van der Waals surface area contributed by atoms with Gasteiger partial charge in [-0.25, -0.2) is 0 Å². The number of hydrogen-bond donors (Lipinski definition) is 2. The topological polar surface area (TPSA) is 70.1 Å². The van der Waals surface area contributed by atoms with Gasteiger partial charge in [0, 0.05) is 60.4 Å². The number of nitrogens with zero attached hydrogens (tertiary/aromatic N) is 2. The van der Waals surface area contributed by atoms with Crippen LogP contribution in [0.4, 0.5) is 11.4 Å². The molecule has 3 aromatic rings. The molecule has 6 heteroatoms. The highest BCUT2D eigenvalue weighted by Gasteiger charge is 2.44. The SMILES string of the molecule is Cn1cc(-c2cc(NC=O)ccc2N2CCC3(CC2)CC3)c2cc[nH]c2c1=O. The van der Waals surface area contributed by atoms with Gasteiger partial charge in [-0.05, 0) is 55.4 Å². The monoisotopic (exact) mass is 376 g/mol. The first kappa shape index (κ1) is 17.1. The molecule has 144 valence electrons. The van der Waals surface area contributed by atoms with E-state index < -0.39 is 0 Å². The number of anilines is 2. The molecule has 5 rings (SSSR count). The minimum absolute atomic E-state index is 0.0406. The maximum atomic E-state index is 12.5. The number of carbonyl (C=O) groups is 1. The van der Waals surface area contributed by atoms with Crippen molar-refractivity contribution in [2.45, 2.75) is 25.7 Å². The molecular weight excluding hydrogens is 352 g/mol. The van der Waals surface area contributed by atoms with Crippen LogP contribution in [0.15, 0.2) is 41.5 Å². The van der Waals surface area contributed by atoms with Gasteiger partial charge >= 0.3 is 0 Å². The summed E-state index contributed by atoms with van der Waals surface area (Å²) < 4.78 is 1.62. The molecule has 1 saturated heterocycles. The van der Waals surface area contributed by atoms with Crippen LogP contribution < -0.4 is 15.8 Å². The van der Waals surface area contributed by atoms with Crippen LogP contribution in [0.3, 0.4) is 0 Å². The molecule has 6 nitrogen and oxygen atoms in total. The van der Waals surface area contributed by atoms with Crippen molar-refractivity contribution in [1.82, 2.24) is 9.55 Å². The maximum absolute atomic E-state index is 12.5. The Labute approximate surface area is 163 Å². The summed E-state index contributed by atoms with van der Waals surface area (Å²) in [6.45, 7) is 2.10. The van der Waals surface area contributed by atoms with Crippen molar-refractivity contribution in [3.63, 3.8) is 0 Å². The molecule has 2 fully saturated rings. The second kappa shape index (κ2) is 6.26. The molecule has 1 spiro atoms. The minimum Gasteiger partial charge on any atom is -0.371 e. The van der Waals surface area contributed by atoms with E-state index in [0.717, 1.165) is 41.0 Å². The Morgan fingerprint density at radius 3 is 2.61 bits per heavy atom. The number of aryl methyl sites for hydroxylation is 1. The van der Waals surface area contributed by atoms with Gasteiger partial charge in [-0.2, -0.15) is 0 Å². The van der Waals surface area contributed by atoms with Crippen LogP contribution in [0.2, 0.25) is 0 Å². The molecule has 2 aliphatic rings. The van der Waals surface area contributed by atoms with Crippen molar-refractivity contribution in [3.8, 4) is 11.1 Å². The molecule has 28 heavy (non-hydrogen) atoms. The van der Waals surface area contributed by atoms with Gasteiger partial charge in [-0.1, -0.05) is 0 Å². The maximum Gasteiger partial charge on any atom is 0.274 e. The lowest BCUT2D eigenvalue weighted by atomic mass is 9.92. The molecule has 1 aromatic carbocycles. The Kier molecular flexibility index (Phi) is 3.82. The molecule has 2 aromatic heterocycles. The zero-order chi connectivity index (χ0) is 19.3. The summed E-state index contributed by atoms with van der Waals surface area (Å²) in [4.78, 5) is 29.0. The van der Waals surface area contributed by atoms with Gasteiger partial charge in [0.05, 0.1) is 0 Å². The number of aromatic nitrogens is 2. The van der Waals surface area contributed by atoms with Crippen LogP contribution in [0, 0.1) is 5.41 Å². The number of benzene rings is 1. The van der Waals surface area contributed by atoms with Crippen LogP contribution in [0.25, 0.3) is 22.0 Å². The second-order valence-corrected chi connectivity index (χ2v) is 8.21. The van der Waals surface area contributed by atoms with Gasteiger partial charge in [0.1, 0.15) is 5.52 Å². The number of pyridine rings is 1. The van der Waals surface area contributed by atoms with Gasteiger partial charge in [-0.15, -0.1) is 0 Å². The van der Waals surface area contributed by atoms with Crippen molar-refractivity contribution in [3.05, 3.63) is 47.0 Å². The second-order valence-electron chi connectivity index (χ2n) is 8.21. The average Bonchev–Trinajstić information content (AvgIpc) is 3.26. The number of fused-ring (bicyclic) bond motifs is 1. The summed E-state index contributed by atoms with van der Waals surface area (Å²) >= 11 is 0. The highest BCUT2D eigenvalue weighted by atomic mass is 16.1. The number of H-pyrrole nitrogens is 1. The lowest BCUT2D eigenvalue weighted by molar-refractivity contribution is -0.105. The average molecular weight is 376 g/mol. The number of amides is 1. The minimum atomic E-state index is -0.0406. The molecule has 0 radical (unpaired) electrons. The number of hydrogen-bond acceptors (Lipinski definition) is 3. The Balaban J connectivity index is 1.66. The summed E-state index contributed by atoms with van der Waals surface area (Å²) in [6, 6.07) is 8.00. The highest BCUT2D eigenvalue weighted by Crippen LogP contribution is 2.54. The summed E-state index contributed by atoms with van der Waals surface area (Å²) in [7, 11) is 1.77. The predicted octanol–water partition coefficient (Wildman–Crippen LogP) is 3.48. The quantitative estimate of drug-likeness (QED) is 0.685. The zero-order valence-corrected chi connectivity index (χ0v) is 16.0.